The lowest BCUT2D eigenvalue weighted by molar-refractivity contribution is 0.645. The summed E-state index contributed by atoms with van der Waals surface area (Å²) in [5.74, 6) is 0. The minimum Gasteiger partial charge on any atom is -0.327 e. The Balaban J connectivity index is 2.40. The standard InChI is InChI=1S/C16H23N3/c1-5-15(17)9-14-7-6-11(2)16(10-14)19-13(4)8-12(3)18-19/h6-8,10,15H,5,9,17H2,1-4H3. The van der Waals surface area contributed by atoms with Gasteiger partial charge in [-0.25, -0.2) is 4.68 Å². The number of aryl methyl sites for hydroxylation is 3. The van der Waals surface area contributed by atoms with Gasteiger partial charge in [-0.05, 0) is 56.9 Å². The van der Waals surface area contributed by atoms with Crippen molar-refractivity contribution < 1.29 is 0 Å². The summed E-state index contributed by atoms with van der Waals surface area (Å²) in [6, 6.07) is 8.87. The van der Waals surface area contributed by atoms with Crippen molar-refractivity contribution in [3.05, 3.63) is 46.8 Å². The fraction of sp³-hybridized carbons (Fsp3) is 0.438. The molecule has 2 rings (SSSR count). The molecular formula is C16H23N3. The molecule has 102 valence electrons. The molecule has 1 aromatic carbocycles. The number of benzene rings is 1. The van der Waals surface area contributed by atoms with Crippen molar-refractivity contribution in [1.82, 2.24) is 9.78 Å². The molecule has 3 nitrogen and oxygen atoms in total. The van der Waals surface area contributed by atoms with Gasteiger partial charge in [-0.15, -0.1) is 0 Å². The van der Waals surface area contributed by atoms with Crippen LogP contribution in [0.5, 0.6) is 0 Å². The quantitative estimate of drug-likeness (QED) is 0.914. The molecule has 2 aromatic rings. The summed E-state index contributed by atoms with van der Waals surface area (Å²) in [6.45, 7) is 8.36. The first kappa shape index (κ1) is 13.8. The average molecular weight is 257 g/mol. The number of aromatic nitrogens is 2. The van der Waals surface area contributed by atoms with E-state index in [9.17, 15) is 0 Å². The maximum Gasteiger partial charge on any atom is 0.0680 e. The number of hydrogen-bond acceptors (Lipinski definition) is 2. The molecule has 0 saturated heterocycles. The Hall–Kier alpha value is -1.61. The highest BCUT2D eigenvalue weighted by atomic mass is 15.3. The number of nitrogens with two attached hydrogens (primary N) is 1. The van der Waals surface area contributed by atoms with Gasteiger partial charge in [-0.3, -0.25) is 0 Å². The molecule has 0 amide bonds. The topological polar surface area (TPSA) is 43.8 Å². The molecule has 0 aliphatic heterocycles. The van der Waals surface area contributed by atoms with Crippen molar-refractivity contribution in [1.29, 1.82) is 0 Å². The molecule has 0 radical (unpaired) electrons. The predicted molar refractivity (Wildman–Crippen MR) is 79.7 cm³/mol. The Kier molecular flexibility index (Phi) is 4.05. The number of hydrogen-bond donors (Lipinski definition) is 1. The van der Waals surface area contributed by atoms with E-state index in [2.05, 4.69) is 50.1 Å². The highest BCUT2D eigenvalue weighted by Crippen LogP contribution is 2.19. The maximum atomic E-state index is 6.04. The zero-order valence-electron chi connectivity index (χ0n) is 12.3. The van der Waals surface area contributed by atoms with Crippen molar-refractivity contribution in [3.8, 4) is 5.69 Å². The van der Waals surface area contributed by atoms with Crippen LogP contribution < -0.4 is 5.73 Å². The van der Waals surface area contributed by atoms with E-state index in [1.165, 1.54) is 11.1 Å². The van der Waals surface area contributed by atoms with Crippen LogP contribution >= 0.6 is 0 Å². The summed E-state index contributed by atoms with van der Waals surface area (Å²) < 4.78 is 2.02. The van der Waals surface area contributed by atoms with Gasteiger partial charge in [0.1, 0.15) is 0 Å². The molecule has 3 heteroatoms. The second kappa shape index (κ2) is 5.57. The van der Waals surface area contributed by atoms with E-state index in [1.54, 1.807) is 0 Å². The highest BCUT2D eigenvalue weighted by molar-refractivity contribution is 5.44. The third-order valence-electron chi connectivity index (χ3n) is 3.53. The molecule has 1 atom stereocenters. The molecule has 1 heterocycles. The minimum absolute atomic E-state index is 0.232. The fourth-order valence-corrected chi connectivity index (χ4v) is 2.33. The second-order valence-corrected chi connectivity index (χ2v) is 5.33. The first-order chi connectivity index (χ1) is 9.01. The summed E-state index contributed by atoms with van der Waals surface area (Å²) in [6.07, 6.45) is 1.92. The second-order valence-electron chi connectivity index (χ2n) is 5.33. The van der Waals surface area contributed by atoms with Gasteiger partial charge in [-0.1, -0.05) is 19.1 Å². The zero-order chi connectivity index (χ0) is 14.0. The van der Waals surface area contributed by atoms with Crippen LogP contribution in [0.2, 0.25) is 0 Å². The van der Waals surface area contributed by atoms with E-state index in [4.69, 9.17) is 5.73 Å². The Morgan fingerprint density at radius 3 is 2.53 bits per heavy atom. The van der Waals surface area contributed by atoms with E-state index in [0.29, 0.717) is 0 Å². The summed E-state index contributed by atoms with van der Waals surface area (Å²) in [7, 11) is 0. The van der Waals surface area contributed by atoms with Crippen molar-refractivity contribution in [2.45, 2.75) is 46.6 Å². The van der Waals surface area contributed by atoms with Gasteiger partial charge in [0.15, 0.2) is 0 Å². The lowest BCUT2D eigenvalue weighted by atomic mass is 10.0. The van der Waals surface area contributed by atoms with Gasteiger partial charge >= 0.3 is 0 Å². The van der Waals surface area contributed by atoms with E-state index in [-0.39, 0.29) is 6.04 Å². The van der Waals surface area contributed by atoms with Crippen molar-refractivity contribution in [3.63, 3.8) is 0 Å². The first-order valence-corrected chi connectivity index (χ1v) is 6.90. The lowest BCUT2D eigenvalue weighted by Crippen LogP contribution is -2.21. The summed E-state index contributed by atoms with van der Waals surface area (Å²) >= 11 is 0. The highest BCUT2D eigenvalue weighted by Gasteiger charge is 2.09. The normalized spacial score (nSPS) is 12.7. The monoisotopic (exact) mass is 257 g/mol. The van der Waals surface area contributed by atoms with Crippen LogP contribution in [0.1, 0.15) is 35.9 Å². The van der Waals surface area contributed by atoms with Gasteiger partial charge in [0.05, 0.1) is 11.4 Å². The molecule has 0 aliphatic rings. The summed E-state index contributed by atoms with van der Waals surface area (Å²) in [5, 5.41) is 4.57. The molecule has 19 heavy (non-hydrogen) atoms. The summed E-state index contributed by atoms with van der Waals surface area (Å²) in [5.41, 5.74) is 11.9. The van der Waals surface area contributed by atoms with Crippen LogP contribution in [0.3, 0.4) is 0 Å². The molecule has 0 saturated carbocycles. The van der Waals surface area contributed by atoms with Crippen LogP contribution in [-0.4, -0.2) is 15.8 Å². The van der Waals surface area contributed by atoms with Crippen molar-refractivity contribution >= 4 is 0 Å². The maximum absolute atomic E-state index is 6.04. The molecule has 1 aromatic heterocycles. The molecular weight excluding hydrogens is 234 g/mol. The Morgan fingerprint density at radius 2 is 1.95 bits per heavy atom. The Morgan fingerprint density at radius 1 is 1.21 bits per heavy atom. The molecule has 0 bridgehead atoms. The molecule has 0 spiro atoms. The Labute approximate surface area is 115 Å². The minimum atomic E-state index is 0.232. The third-order valence-corrected chi connectivity index (χ3v) is 3.53. The molecule has 2 N–H and O–H groups in total. The molecule has 0 fully saturated rings. The van der Waals surface area contributed by atoms with Gasteiger partial charge in [0.25, 0.3) is 0 Å². The summed E-state index contributed by atoms with van der Waals surface area (Å²) in [4.78, 5) is 0. The van der Waals surface area contributed by atoms with Gasteiger partial charge in [-0.2, -0.15) is 5.10 Å². The number of nitrogens with zero attached hydrogens (tertiary/aromatic N) is 2. The van der Waals surface area contributed by atoms with Gasteiger partial charge in [0, 0.05) is 11.7 Å². The third kappa shape index (κ3) is 3.04. The largest absolute Gasteiger partial charge is 0.327 e. The first-order valence-electron chi connectivity index (χ1n) is 6.90. The predicted octanol–water partition coefficient (Wildman–Crippen LogP) is 3.08. The van der Waals surface area contributed by atoms with Crippen molar-refractivity contribution in [2.24, 2.45) is 5.73 Å². The lowest BCUT2D eigenvalue weighted by Gasteiger charge is -2.13. The van der Waals surface area contributed by atoms with Crippen LogP contribution in [0, 0.1) is 20.8 Å². The van der Waals surface area contributed by atoms with Crippen molar-refractivity contribution in [2.75, 3.05) is 0 Å². The van der Waals surface area contributed by atoms with E-state index in [1.807, 2.05) is 11.6 Å². The van der Waals surface area contributed by atoms with E-state index < -0.39 is 0 Å². The molecule has 0 aliphatic carbocycles. The van der Waals surface area contributed by atoms with Gasteiger partial charge < -0.3 is 5.73 Å². The molecule has 1 unspecified atom stereocenters. The fourth-order valence-electron chi connectivity index (χ4n) is 2.33. The van der Waals surface area contributed by atoms with E-state index in [0.717, 1.165) is 29.9 Å². The van der Waals surface area contributed by atoms with Gasteiger partial charge in [0.2, 0.25) is 0 Å². The Bertz CT molecular complexity index is 569. The smallest absolute Gasteiger partial charge is 0.0680 e. The van der Waals surface area contributed by atoms with Crippen LogP contribution in [0.4, 0.5) is 0 Å². The SMILES string of the molecule is CCC(N)Cc1ccc(C)c(-n2nc(C)cc2C)c1. The van der Waals surface area contributed by atoms with E-state index >= 15 is 0 Å². The average Bonchev–Trinajstić information content (AvgIpc) is 2.70. The van der Waals surface area contributed by atoms with Crippen LogP contribution in [0.25, 0.3) is 5.69 Å². The number of rotatable bonds is 4. The van der Waals surface area contributed by atoms with Crippen LogP contribution in [-0.2, 0) is 6.42 Å². The van der Waals surface area contributed by atoms with Crippen LogP contribution in [0.15, 0.2) is 24.3 Å². The zero-order valence-corrected chi connectivity index (χ0v) is 12.3.